The zero-order valence-corrected chi connectivity index (χ0v) is 16.3. The maximum Gasteiger partial charge on any atom is 0.203 e. The van der Waals surface area contributed by atoms with Crippen LogP contribution in [0.4, 0.5) is 4.39 Å². The van der Waals surface area contributed by atoms with Gasteiger partial charge in [0.1, 0.15) is 45.1 Å². The van der Waals surface area contributed by atoms with Crippen molar-refractivity contribution in [2.45, 2.75) is 13.1 Å². The van der Waals surface area contributed by atoms with E-state index in [0.29, 0.717) is 11.5 Å². The summed E-state index contributed by atoms with van der Waals surface area (Å²) in [6, 6.07) is 10.9. The summed E-state index contributed by atoms with van der Waals surface area (Å²) < 4.78 is 29.8. The van der Waals surface area contributed by atoms with Gasteiger partial charge in [-0.2, -0.15) is 0 Å². The number of hydrogen-bond acceptors (Lipinski definition) is 3. The van der Waals surface area contributed by atoms with Gasteiger partial charge in [-0.05, 0) is 24.3 Å². The Bertz CT molecular complexity index is 761. The van der Waals surface area contributed by atoms with Crippen molar-refractivity contribution in [2.24, 2.45) is 0 Å². The average Bonchev–Trinajstić information content (AvgIpc) is 2.69. The molecule has 1 aliphatic rings. The summed E-state index contributed by atoms with van der Waals surface area (Å²) in [5.74, 6) is 1.92. The number of methoxy groups -OCH3 is 3. The summed E-state index contributed by atoms with van der Waals surface area (Å²) in [6.07, 6.45) is 0. The van der Waals surface area contributed by atoms with Crippen LogP contribution >= 0.6 is 0 Å². The normalized spacial score (nSPS) is 19.6. The molecule has 1 heterocycles. The molecule has 1 aliphatic heterocycles. The third-order valence-corrected chi connectivity index (χ3v) is 5.23. The smallest absolute Gasteiger partial charge is 0.203 e. The highest BCUT2D eigenvalue weighted by Crippen LogP contribution is 2.39. The molecule has 0 saturated carbocycles. The monoisotopic (exact) mass is 376 g/mol. The van der Waals surface area contributed by atoms with Crippen LogP contribution in [-0.2, 0) is 13.1 Å². The van der Waals surface area contributed by atoms with Crippen LogP contribution < -0.4 is 24.0 Å². The van der Waals surface area contributed by atoms with Crippen LogP contribution in [0.1, 0.15) is 11.1 Å². The van der Waals surface area contributed by atoms with E-state index in [-0.39, 0.29) is 5.82 Å². The molecule has 2 aromatic rings. The van der Waals surface area contributed by atoms with Gasteiger partial charge in [0.2, 0.25) is 5.75 Å². The second kappa shape index (κ2) is 9.06. The van der Waals surface area contributed by atoms with Crippen LogP contribution in [-0.4, -0.2) is 47.5 Å². The van der Waals surface area contributed by atoms with Crippen LogP contribution in [0.2, 0.25) is 0 Å². The van der Waals surface area contributed by atoms with Crippen LogP contribution in [0.5, 0.6) is 17.2 Å². The number of halogens is 1. The second-order valence-electron chi connectivity index (χ2n) is 6.98. The number of quaternary nitrogens is 2. The quantitative estimate of drug-likeness (QED) is 0.732. The van der Waals surface area contributed by atoms with Crippen molar-refractivity contribution < 1.29 is 28.4 Å². The van der Waals surface area contributed by atoms with E-state index < -0.39 is 0 Å². The van der Waals surface area contributed by atoms with E-state index in [9.17, 15) is 4.39 Å². The van der Waals surface area contributed by atoms with Gasteiger partial charge >= 0.3 is 0 Å². The Morgan fingerprint density at radius 2 is 1.48 bits per heavy atom. The molecule has 0 radical (unpaired) electrons. The molecule has 3 rings (SSSR count). The number of rotatable bonds is 7. The highest BCUT2D eigenvalue weighted by molar-refractivity contribution is 5.55. The Labute approximate surface area is 160 Å². The Morgan fingerprint density at radius 1 is 0.815 bits per heavy atom. The van der Waals surface area contributed by atoms with Crippen LogP contribution in [0.15, 0.2) is 36.4 Å². The first-order chi connectivity index (χ1) is 13.1. The molecule has 0 aliphatic carbocycles. The minimum atomic E-state index is -0.156. The summed E-state index contributed by atoms with van der Waals surface area (Å²) in [5, 5.41) is 0. The van der Waals surface area contributed by atoms with Gasteiger partial charge in [-0.25, -0.2) is 4.39 Å². The average molecular weight is 376 g/mol. The lowest BCUT2D eigenvalue weighted by molar-refractivity contribution is -1.02. The van der Waals surface area contributed by atoms with E-state index in [4.69, 9.17) is 14.2 Å². The fraction of sp³-hybridized carbons (Fsp3) is 0.429. The first-order valence-electron chi connectivity index (χ1n) is 9.34. The molecule has 1 saturated heterocycles. The summed E-state index contributed by atoms with van der Waals surface area (Å²) in [5.41, 5.74) is 2.19. The second-order valence-corrected chi connectivity index (χ2v) is 6.98. The molecule has 5 nitrogen and oxygen atoms in total. The number of hydrogen-bond donors (Lipinski definition) is 2. The molecule has 27 heavy (non-hydrogen) atoms. The highest BCUT2D eigenvalue weighted by atomic mass is 19.1. The Morgan fingerprint density at radius 3 is 2.07 bits per heavy atom. The van der Waals surface area contributed by atoms with Crippen molar-refractivity contribution >= 4 is 0 Å². The predicted octanol–water partition coefficient (Wildman–Crippen LogP) is 0.335. The first kappa shape index (κ1) is 19.5. The number of nitrogens with one attached hydrogen (secondary N) is 2. The largest absolute Gasteiger partial charge is 0.493 e. The molecule has 0 bridgehead atoms. The number of ether oxygens (including phenoxy) is 3. The number of piperazine rings is 1. The maximum absolute atomic E-state index is 13.4. The van der Waals surface area contributed by atoms with E-state index in [1.54, 1.807) is 33.5 Å². The molecule has 0 atom stereocenters. The molecule has 0 aromatic heterocycles. The van der Waals surface area contributed by atoms with E-state index in [0.717, 1.165) is 56.1 Å². The lowest BCUT2D eigenvalue weighted by Gasteiger charge is -2.30. The van der Waals surface area contributed by atoms with Crippen molar-refractivity contribution in [3.05, 3.63) is 53.3 Å². The lowest BCUT2D eigenvalue weighted by Crippen LogP contribution is -3.27. The Hall–Kier alpha value is -2.31. The van der Waals surface area contributed by atoms with Crippen molar-refractivity contribution in [2.75, 3.05) is 47.5 Å². The number of benzene rings is 2. The molecule has 2 N–H and O–H groups in total. The molecule has 1 fully saturated rings. The molecule has 6 heteroatoms. The molecule has 0 unspecified atom stereocenters. The zero-order chi connectivity index (χ0) is 19.2. The van der Waals surface area contributed by atoms with E-state index in [1.165, 1.54) is 15.9 Å². The molecule has 0 spiro atoms. The van der Waals surface area contributed by atoms with Gasteiger partial charge in [0, 0.05) is 5.56 Å². The third kappa shape index (κ3) is 4.70. The van der Waals surface area contributed by atoms with Gasteiger partial charge in [-0.3, -0.25) is 0 Å². The standard InChI is InChI=1S/C21H27FN2O3/c1-25-19-8-7-17(20(26-2)21(19)27-3)15-24-11-9-23(10-12-24)14-16-5-4-6-18(22)13-16/h4-8,13H,9-12,14-15H2,1-3H3/p+2. The summed E-state index contributed by atoms with van der Waals surface area (Å²) >= 11 is 0. The van der Waals surface area contributed by atoms with Crippen molar-refractivity contribution in [1.82, 2.24) is 0 Å². The Kier molecular flexibility index (Phi) is 6.53. The van der Waals surface area contributed by atoms with E-state index >= 15 is 0 Å². The molecule has 2 aromatic carbocycles. The molecular formula is C21H29FN2O3+2. The van der Waals surface area contributed by atoms with Crippen LogP contribution in [0.3, 0.4) is 0 Å². The topological polar surface area (TPSA) is 36.6 Å². The van der Waals surface area contributed by atoms with E-state index in [1.807, 2.05) is 12.1 Å². The van der Waals surface area contributed by atoms with E-state index in [2.05, 4.69) is 6.07 Å². The van der Waals surface area contributed by atoms with Gasteiger partial charge in [-0.1, -0.05) is 12.1 Å². The predicted molar refractivity (Wildman–Crippen MR) is 101 cm³/mol. The van der Waals surface area contributed by atoms with Crippen LogP contribution in [0, 0.1) is 5.82 Å². The molecule has 146 valence electrons. The van der Waals surface area contributed by atoms with Crippen molar-refractivity contribution in [3.63, 3.8) is 0 Å². The minimum Gasteiger partial charge on any atom is -0.493 e. The van der Waals surface area contributed by atoms with Gasteiger partial charge in [0.05, 0.1) is 26.9 Å². The zero-order valence-electron chi connectivity index (χ0n) is 16.3. The first-order valence-corrected chi connectivity index (χ1v) is 9.34. The Balaban J connectivity index is 1.61. The highest BCUT2D eigenvalue weighted by Gasteiger charge is 2.25. The third-order valence-electron chi connectivity index (χ3n) is 5.23. The fourth-order valence-electron chi connectivity index (χ4n) is 3.82. The van der Waals surface area contributed by atoms with Gasteiger partial charge in [-0.15, -0.1) is 0 Å². The molecule has 0 amide bonds. The summed E-state index contributed by atoms with van der Waals surface area (Å²) in [7, 11) is 4.92. The van der Waals surface area contributed by atoms with Gasteiger partial charge in [0.15, 0.2) is 11.5 Å². The summed E-state index contributed by atoms with van der Waals surface area (Å²) in [4.78, 5) is 3.02. The van der Waals surface area contributed by atoms with Crippen LogP contribution in [0.25, 0.3) is 0 Å². The summed E-state index contributed by atoms with van der Waals surface area (Å²) in [6.45, 7) is 6.05. The van der Waals surface area contributed by atoms with Gasteiger partial charge in [0.25, 0.3) is 0 Å². The SMILES string of the molecule is COc1ccc(C[NH+]2CC[NH+](Cc3cccc(F)c3)CC2)c(OC)c1OC. The fourth-order valence-corrected chi connectivity index (χ4v) is 3.82. The van der Waals surface area contributed by atoms with Crippen molar-refractivity contribution in [1.29, 1.82) is 0 Å². The minimum absolute atomic E-state index is 0.156. The van der Waals surface area contributed by atoms with Crippen molar-refractivity contribution in [3.8, 4) is 17.2 Å². The van der Waals surface area contributed by atoms with Gasteiger partial charge < -0.3 is 24.0 Å². The maximum atomic E-state index is 13.4. The molecular weight excluding hydrogens is 347 g/mol. The lowest BCUT2D eigenvalue weighted by atomic mass is 10.1.